The first-order chi connectivity index (χ1) is 14.3. The molecule has 2 N–H and O–H groups in total. The van der Waals surface area contributed by atoms with E-state index in [4.69, 9.17) is 14.2 Å². The van der Waals surface area contributed by atoms with E-state index in [-0.39, 0.29) is 41.3 Å². The summed E-state index contributed by atoms with van der Waals surface area (Å²) < 4.78 is 41.5. The molecule has 2 aromatic rings. The first kappa shape index (κ1) is 22.6. The van der Waals surface area contributed by atoms with Crippen LogP contribution in [0.3, 0.4) is 0 Å². The van der Waals surface area contributed by atoms with E-state index in [0.717, 1.165) is 12.1 Å². The second-order valence-corrected chi connectivity index (χ2v) is 5.92. The fraction of sp³-hybridized carbons (Fsp3) is 0.250. The molecule has 0 saturated carbocycles. The van der Waals surface area contributed by atoms with Crippen LogP contribution in [-0.2, 0) is 9.53 Å². The Morgan fingerprint density at radius 1 is 0.933 bits per heavy atom. The summed E-state index contributed by atoms with van der Waals surface area (Å²) in [6.45, 7) is -0.123. The van der Waals surface area contributed by atoms with Crippen LogP contribution in [0.1, 0.15) is 27.1 Å². The number of hydrogen-bond donors (Lipinski definition) is 2. The SMILES string of the molecule is COC(=O)c1cc(OC)c(OC)cc1NC(=O)CCNC(=O)c1ccc(F)cc1F. The third-order valence-corrected chi connectivity index (χ3v) is 4.02. The molecule has 0 aliphatic heterocycles. The quantitative estimate of drug-likeness (QED) is 0.634. The molecule has 0 aliphatic rings. The number of rotatable bonds is 8. The topological polar surface area (TPSA) is 103 Å². The van der Waals surface area contributed by atoms with Gasteiger partial charge in [0, 0.05) is 31.2 Å². The third-order valence-electron chi connectivity index (χ3n) is 4.02. The number of amides is 2. The molecule has 10 heteroatoms. The van der Waals surface area contributed by atoms with Crippen molar-refractivity contribution in [3.63, 3.8) is 0 Å². The van der Waals surface area contributed by atoms with Crippen molar-refractivity contribution in [2.45, 2.75) is 6.42 Å². The molecule has 0 unspecified atom stereocenters. The number of carbonyl (C=O) groups is 3. The number of benzene rings is 2. The van der Waals surface area contributed by atoms with Crippen molar-refractivity contribution < 1.29 is 37.4 Å². The molecule has 2 rings (SSSR count). The molecule has 2 amide bonds. The molecule has 0 heterocycles. The number of halogens is 2. The number of hydrogen-bond acceptors (Lipinski definition) is 6. The van der Waals surface area contributed by atoms with Crippen molar-refractivity contribution in [1.29, 1.82) is 0 Å². The van der Waals surface area contributed by atoms with E-state index >= 15 is 0 Å². The lowest BCUT2D eigenvalue weighted by atomic mass is 10.1. The molecule has 0 fully saturated rings. The molecular weight excluding hydrogens is 402 g/mol. The summed E-state index contributed by atoms with van der Waals surface area (Å²) in [6.07, 6.45) is -0.177. The lowest BCUT2D eigenvalue weighted by Gasteiger charge is -2.14. The van der Waals surface area contributed by atoms with E-state index in [1.54, 1.807) is 0 Å². The molecule has 30 heavy (non-hydrogen) atoms. The third kappa shape index (κ3) is 5.43. The van der Waals surface area contributed by atoms with Crippen LogP contribution in [-0.4, -0.2) is 45.7 Å². The maximum Gasteiger partial charge on any atom is 0.340 e. The van der Waals surface area contributed by atoms with Crippen LogP contribution in [0.15, 0.2) is 30.3 Å². The Morgan fingerprint density at radius 3 is 2.20 bits per heavy atom. The van der Waals surface area contributed by atoms with Crippen LogP contribution < -0.4 is 20.1 Å². The highest BCUT2D eigenvalue weighted by molar-refractivity contribution is 6.02. The summed E-state index contributed by atoms with van der Waals surface area (Å²) in [5, 5.41) is 4.90. The average Bonchev–Trinajstić information content (AvgIpc) is 2.72. The summed E-state index contributed by atoms with van der Waals surface area (Å²) in [6, 6.07) is 5.31. The van der Waals surface area contributed by atoms with Gasteiger partial charge in [-0.2, -0.15) is 0 Å². The molecule has 0 spiro atoms. The highest BCUT2D eigenvalue weighted by Crippen LogP contribution is 2.33. The largest absolute Gasteiger partial charge is 0.493 e. The minimum absolute atomic E-state index is 0.0425. The average molecular weight is 422 g/mol. The smallest absolute Gasteiger partial charge is 0.340 e. The molecule has 0 bridgehead atoms. The van der Waals surface area contributed by atoms with Gasteiger partial charge in [0.1, 0.15) is 11.6 Å². The van der Waals surface area contributed by atoms with Gasteiger partial charge in [0.15, 0.2) is 11.5 Å². The molecule has 2 aromatic carbocycles. The number of nitrogens with one attached hydrogen (secondary N) is 2. The van der Waals surface area contributed by atoms with Crippen molar-refractivity contribution in [3.8, 4) is 11.5 Å². The van der Waals surface area contributed by atoms with Crippen molar-refractivity contribution >= 4 is 23.5 Å². The van der Waals surface area contributed by atoms with E-state index in [0.29, 0.717) is 6.07 Å². The van der Waals surface area contributed by atoms with Gasteiger partial charge < -0.3 is 24.8 Å². The molecule has 0 saturated heterocycles. The molecule has 0 radical (unpaired) electrons. The highest BCUT2D eigenvalue weighted by Gasteiger charge is 2.19. The summed E-state index contributed by atoms with van der Waals surface area (Å²) in [5.74, 6) is -3.30. The highest BCUT2D eigenvalue weighted by atomic mass is 19.1. The maximum absolute atomic E-state index is 13.6. The molecule has 0 atom stereocenters. The summed E-state index contributed by atoms with van der Waals surface area (Å²) in [5.41, 5.74) is -0.175. The molecule has 8 nitrogen and oxygen atoms in total. The van der Waals surface area contributed by atoms with E-state index in [2.05, 4.69) is 10.6 Å². The van der Waals surface area contributed by atoms with Crippen molar-refractivity contribution in [1.82, 2.24) is 5.32 Å². The Bertz CT molecular complexity index is 965. The number of esters is 1. The second kappa shape index (κ2) is 10.2. The van der Waals surface area contributed by atoms with Gasteiger partial charge in [-0.15, -0.1) is 0 Å². The number of ether oxygens (including phenoxy) is 3. The van der Waals surface area contributed by atoms with E-state index in [9.17, 15) is 23.2 Å². The second-order valence-electron chi connectivity index (χ2n) is 5.92. The normalized spacial score (nSPS) is 10.2. The first-order valence-electron chi connectivity index (χ1n) is 8.68. The van der Waals surface area contributed by atoms with Crippen LogP contribution in [0.2, 0.25) is 0 Å². The lowest BCUT2D eigenvalue weighted by molar-refractivity contribution is -0.116. The van der Waals surface area contributed by atoms with Crippen LogP contribution in [0.5, 0.6) is 11.5 Å². The fourth-order valence-electron chi connectivity index (χ4n) is 2.53. The number of methoxy groups -OCH3 is 3. The number of anilines is 1. The van der Waals surface area contributed by atoms with Gasteiger partial charge in [-0.25, -0.2) is 13.6 Å². The van der Waals surface area contributed by atoms with Gasteiger partial charge in [0.05, 0.1) is 38.1 Å². The minimum atomic E-state index is -1.01. The Hall–Kier alpha value is -3.69. The van der Waals surface area contributed by atoms with E-state index in [1.807, 2.05) is 0 Å². The van der Waals surface area contributed by atoms with Gasteiger partial charge >= 0.3 is 5.97 Å². The first-order valence-corrected chi connectivity index (χ1v) is 8.68. The lowest BCUT2D eigenvalue weighted by Crippen LogP contribution is -2.28. The fourth-order valence-corrected chi connectivity index (χ4v) is 2.53. The van der Waals surface area contributed by atoms with Crippen molar-refractivity contribution in [2.24, 2.45) is 0 Å². The van der Waals surface area contributed by atoms with Gasteiger partial charge in [0.2, 0.25) is 5.91 Å². The Labute approximate surface area is 171 Å². The van der Waals surface area contributed by atoms with Crippen LogP contribution >= 0.6 is 0 Å². The minimum Gasteiger partial charge on any atom is -0.493 e. The zero-order valence-electron chi connectivity index (χ0n) is 16.5. The molecular formula is C20H20F2N2O6. The van der Waals surface area contributed by atoms with E-state index in [1.165, 1.54) is 33.5 Å². The number of carbonyl (C=O) groups excluding carboxylic acids is 3. The Morgan fingerprint density at radius 2 is 1.60 bits per heavy atom. The van der Waals surface area contributed by atoms with Crippen molar-refractivity contribution in [2.75, 3.05) is 33.2 Å². The standard InChI is InChI=1S/C20H20F2N2O6/c1-28-16-9-13(20(27)30-3)15(10-17(16)29-2)24-18(25)6-7-23-19(26)12-5-4-11(21)8-14(12)22/h4-5,8-10H,6-7H2,1-3H3,(H,23,26)(H,24,25). The summed E-state index contributed by atoms with van der Waals surface area (Å²) in [4.78, 5) is 36.2. The van der Waals surface area contributed by atoms with Gasteiger partial charge in [-0.05, 0) is 12.1 Å². The molecule has 0 aromatic heterocycles. The van der Waals surface area contributed by atoms with Crippen LogP contribution in [0.4, 0.5) is 14.5 Å². The predicted molar refractivity (Wildman–Crippen MR) is 103 cm³/mol. The van der Waals surface area contributed by atoms with E-state index < -0.39 is 29.4 Å². The zero-order valence-corrected chi connectivity index (χ0v) is 16.5. The summed E-state index contributed by atoms with van der Waals surface area (Å²) in [7, 11) is 3.98. The van der Waals surface area contributed by atoms with Crippen molar-refractivity contribution in [3.05, 3.63) is 53.1 Å². The molecule has 0 aliphatic carbocycles. The monoisotopic (exact) mass is 422 g/mol. The van der Waals surface area contributed by atoms with Gasteiger partial charge in [0.25, 0.3) is 5.91 Å². The van der Waals surface area contributed by atoms with Crippen LogP contribution in [0.25, 0.3) is 0 Å². The molecule has 160 valence electrons. The van der Waals surface area contributed by atoms with Crippen LogP contribution in [0, 0.1) is 11.6 Å². The zero-order chi connectivity index (χ0) is 22.3. The van der Waals surface area contributed by atoms with Gasteiger partial charge in [-0.1, -0.05) is 0 Å². The Balaban J connectivity index is 2.05. The predicted octanol–water partition coefficient (Wildman–Crippen LogP) is 2.53. The Kier molecular flexibility index (Phi) is 7.68. The van der Waals surface area contributed by atoms with Gasteiger partial charge in [-0.3, -0.25) is 9.59 Å². The maximum atomic E-state index is 13.6. The summed E-state index contributed by atoms with van der Waals surface area (Å²) >= 11 is 0.